The molecular weight excluding hydrogens is 346 g/mol. The smallest absolute Gasteiger partial charge is 0.337 e. The van der Waals surface area contributed by atoms with Crippen molar-refractivity contribution in [2.75, 3.05) is 12.4 Å². The molecule has 4 nitrogen and oxygen atoms in total. The molecule has 0 saturated carbocycles. The van der Waals surface area contributed by atoms with Crippen molar-refractivity contribution in [2.45, 2.75) is 24.0 Å². The minimum Gasteiger partial charge on any atom is -0.465 e. The maximum absolute atomic E-state index is 12.4. The topological polar surface area (TPSA) is 55.4 Å². The van der Waals surface area contributed by atoms with Gasteiger partial charge in [0.15, 0.2) is 0 Å². The monoisotopic (exact) mass is 363 g/mol. The zero-order valence-corrected chi connectivity index (χ0v) is 15.2. The number of esters is 1. The van der Waals surface area contributed by atoms with Crippen LogP contribution in [0.1, 0.15) is 22.8 Å². The number of nitrogens with one attached hydrogen (secondary N) is 1. The maximum atomic E-state index is 12.4. The van der Waals surface area contributed by atoms with Crippen LogP contribution in [0.3, 0.4) is 0 Å². The average Bonchev–Trinajstić information content (AvgIpc) is 2.58. The van der Waals surface area contributed by atoms with Crippen molar-refractivity contribution in [3.63, 3.8) is 0 Å². The summed E-state index contributed by atoms with van der Waals surface area (Å²) in [4.78, 5) is 25.0. The number of benzene rings is 2. The van der Waals surface area contributed by atoms with E-state index in [-0.39, 0.29) is 11.2 Å². The minimum absolute atomic E-state index is 0.190. The predicted octanol–water partition coefficient (Wildman–Crippen LogP) is 4.55. The molecule has 6 heteroatoms. The number of halogens is 1. The molecule has 0 unspecified atom stereocenters. The number of carbonyl (C=O) groups excluding carboxylic acids is 2. The van der Waals surface area contributed by atoms with Crippen molar-refractivity contribution in [1.82, 2.24) is 0 Å². The molecule has 0 radical (unpaired) electrons. The van der Waals surface area contributed by atoms with Gasteiger partial charge in [-0.15, -0.1) is 11.8 Å². The molecule has 0 aliphatic rings. The predicted molar refractivity (Wildman–Crippen MR) is 97.9 cm³/mol. The number of hydrogen-bond acceptors (Lipinski definition) is 4. The Morgan fingerprint density at radius 1 is 1.17 bits per heavy atom. The number of aryl methyl sites for hydroxylation is 1. The first-order valence-corrected chi connectivity index (χ1v) is 8.58. The first kappa shape index (κ1) is 18.4. The van der Waals surface area contributed by atoms with Gasteiger partial charge in [0.05, 0.1) is 28.6 Å². The van der Waals surface area contributed by atoms with Crippen LogP contribution in [0.25, 0.3) is 0 Å². The molecule has 1 amide bonds. The zero-order valence-electron chi connectivity index (χ0n) is 13.6. The van der Waals surface area contributed by atoms with Gasteiger partial charge in [-0.3, -0.25) is 4.79 Å². The Morgan fingerprint density at radius 3 is 2.46 bits per heavy atom. The molecule has 0 spiro atoms. The molecule has 2 rings (SSSR count). The van der Waals surface area contributed by atoms with Crippen LogP contribution in [-0.2, 0) is 9.53 Å². The first-order chi connectivity index (χ1) is 11.4. The van der Waals surface area contributed by atoms with Crippen molar-refractivity contribution in [3.05, 3.63) is 58.6 Å². The number of methoxy groups -OCH3 is 1. The van der Waals surface area contributed by atoms with Gasteiger partial charge in [-0.2, -0.15) is 0 Å². The lowest BCUT2D eigenvalue weighted by Crippen LogP contribution is -2.22. The number of ether oxygens (including phenoxy) is 1. The summed E-state index contributed by atoms with van der Waals surface area (Å²) >= 11 is 7.55. The van der Waals surface area contributed by atoms with Gasteiger partial charge < -0.3 is 10.1 Å². The first-order valence-electron chi connectivity index (χ1n) is 7.32. The Hall–Kier alpha value is -1.98. The average molecular weight is 364 g/mol. The molecule has 0 heterocycles. The fourth-order valence-electron chi connectivity index (χ4n) is 1.97. The lowest BCUT2D eigenvalue weighted by Gasteiger charge is -2.14. The molecule has 0 aliphatic heterocycles. The lowest BCUT2D eigenvalue weighted by molar-refractivity contribution is -0.115. The molecule has 1 N–H and O–H groups in total. The normalized spacial score (nSPS) is 11.7. The standard InChI is InChI=1S/C18H18ClNO3S/c1-11-4-7-14(8-5-11)24-12(2)17(21)20-16-10-13(18(22)23-3)6-9-15(16)19/h4-10,12H,1-3H3,(H,20,21)/t12-/m1/s1. The van der Waals surface area contributed by atoms with E-state index in [0.29, 0.717) is 16.3 Å². The van der Waals surface area contributed by atoms with E-state index in [4.69, 9.17) is 11.6 Å². The Balaban J connectivity index is 2.08. The third kappa shape index (κ3) is 4.76. The quantitative estimate of drug-likeness (QED) is 0.625. The van der Waals surface area contributed by atoms with Gasteiger partial charge in [-0.25, -0.2) is 4.79 Å². The van der Waals surface area contributed by atoms with Crippen LogP contribution in [0.4, 0.5) is 5.69 Å². The van der Waals surface area contributed by atoms with Gasteiger partial charge in [-0.05, 0) is 44.2 Å². The molecule has 0 bridgehead atoms. The second kappa shape index (κ2) is 8.22. The third-order valence-electron chi connectivity index (χ3n) is 3.35. The molecule has 0 fully saturated rings. The summed E-state index contributed by atoms with van der Waals surface area (Å²) in [6.07, 6.45) is 0. The number of rotatable bonds is 5. The van der Waals surface area contributed by atoms with Crippen LogP contribution in [0.5, 0.6) is 0 Å². The summed E-state index contributed by atoms with van der Waals surface area (Å²) in [6.45, 7) is 3.83. The number of amides is 1. The highest BCUT2D eigenvalue weighted by atomic mass is 35.5. The summed E-state index contributed by atoms with van der Waals surface area (Å²) in [5.74, 6) is -0.672. The Kier molecular flexibility index (Phi) is 6.29. The van der Waals surface area contributed by atoms with Crippen molar-refractivity contribution in [2.24, 2.45) is 0 Å². The van der Waals surface area contributed by atoms with E-state index >= 15 is 0 Å². The Morgan fingerprint density at radius 2 is 1.83 bits per heavy atom. The van der Waals surface area contributed by atoms with Gasteiger partial charge in [0, 0.05) is 4.90 Å². The van der Waals surface area contributed by atoms with Crippen LogP contribution >= 0.6 is 23.4 Å². The molecule has 1 atom stereocenters. The van der Waals surface area contributed by atoms with Gasteiger partial charge in [-0.1, -0.05) is 29.3 Å². The SMILES string of the molecule is COC(=O)c1ccc(Cl)c(NC(=O)[C@@H](C)Sc2ccc(C)cc2)c1. The Labute approximate surface area is 150 Å². The van der Waals surface area contributed by atoms with Crippen LogP contribution < -0.4 is 5.32 Å². The fraction of sp³-hybridized carbons (Fsp3) is 0.222. The minimum atomic E-state index is -0.482. The van der Waals surface area contributed by atoms with Crippen LogP contribution in [0.2, 0.25) is 5.02 Å². The van der Waals surface area contributed by atoms with Gasteiger partial charge in [0.1, 0.15) is 0 Å². The second-order valence-electron chi connectivity index (χ2n) is 5.25. The number of carbonyl (C=O) groups is 2. The maximum Gasteiger partial charge on any atom is 0.337 e. The summed E-state index contributed by atoms with van der Waals surface area (Å²) < 4.78 is 4.67. The Bertz CT molecular complexity index is 746. The van der Waals surface area contributed by atoms with Crippen LogP contribution in [0, 0.1) is 6.92 Å². The molecule has 0 aliphatic carbocycles. The van der Waals surface area contributed by atoms with E-state index in [0.717, 1.165) is 4.90 Å². The van der Waals surface area contributed by atoms with E-state index in [9.17, 15) is 9.59 Å². The van der Waals surface area contributed by atoms with E-state index in [2.05, 4.69) is 10.1 Å². The highest BCUT2D eigenvalue weighted by molar-refractivity contribution is 8.00. The largest absolute Gasteiger partial charge is 0.465 e. The third-order valence-corrected chi connectivity index (χ3v) is 4.79. The molecule has 0 aromatic heterocycles. The fourth-order valence-corrected chi connectivity index (χ4v) is 3.01. The summed E-state index contributed by atoms with van der Waals surface area (Å²) in [6, 6.07) is 12.6. The summed E-state index contributed by atoms with van der Waals surface area (Å²) in [5, 5.41) is 2.81. The number of thioether (sulfide) groups is 1. The molecular formula is C18H18ClNO3S. The lowest BCUT2D eigenvalue weighted by atomic mass is 10.2. The molecule has 126 valence electrons. The summed E-state index contributed by atoms with van der Waals surface area (Å²) in [5.41, 5.74) is 1.89. The van der Waals surface area contributed by atoms with Crippen LogP contribution in [0.15, 0.2) is 47.4 Å². The number of anilines is 1. The highest BCUT2D eigenvalue weighted by Crippen LogP contribution is 2.27. The van der Waals surface area contributed by atoms with E-state index in [1.54, 1.807) is 12.1 Å². The van der Waals surface area contributed by atoms with Gasteiger partial charge in [0.2, 0.25) is 5.91 Å². The van der Waals surface area contributed by atoms with Gasteiger partial charge in [0.25, 0.3) is 0 Å². The molecule has 2 aromatic rings. The second-order valence-corrected chi connectivity index (χ2v) is 7.07. The van der Waals surface area contributed by atoms with Crippen LogP contribution in [-0.4, -0.2) is 24.2 Å². The van der Waals surface area contributed by atoms with E-state index < -0.39 is 5.97 Å². The van der Waals surface area contributed by atoms with Crippen molar-refractivity contribution in [1.29, 1.82) is 0 Å². The van der Waals surface area contributed by atoms with E-state index in [1.165, 1.54) is 30.5 Å². The summed E-state index contributed by atoms with van der Waals surface area (Å²) in [7, 11) is 1.30. The van der Waals surface area contributed by atoms with Crippen molar-refractivity contribution >= 4 is 40.9 Å². The molecule has 24 heavy (non-hydrogen) atoms. The van der Waals surface area contributed by atoms with Crippen molar-refractivity contribution in [3.8, 4) is 0 Å². The number of hydrogen-bond donors (Lipinski definition) is 1. The van der Waals surface area contributed by atoms with Gasteiger partial charge >= 0.3 is 5.97 Å². The van der Waals surface area contributed by atoms with E-state index in [1.807, 2.05) is 38.1 Å². The zero-order chi connectivity index (χ0) is 17.7. The highest BCUT2D eigenvalue weighted by Gasteiger charge is 2.17. The molecule has 2 aromatic carbocycles. The van der Waals surface area contributed by atoms with Crippen molar-refractivity contribution < 1.29 is 14.3 Å². The molecule has 0 saturated heterocycles.